The van der Waals surface area contributed by atoms with Gasteiger partial charge in [0.15, 0.2) is 0 Å². The highest BCUT2D eigenvalue weighted by Crippen LogP contribution is 2.09. The first-order valence-corrected chi connectivity index (χ1v) is 4.13. The number of hydrogen-bond acceptors (Lipinski definition) is 3. The Balaban J connectivity index is 2.61. The first kappa shape index (κ1) is 10.3. The van der Waals surface area contributed by atoms with E-state index in [9.17, 15) is 4.79 Å². The second-order valence-electron chi connectivity index (χ2n) is 2.57. The molecule has 1 aromatic carbocycles. The third-order valence-corrected chi connectivity index (χ3v) is 1.56. The van der Waals surface area contributed by atoms with E-state index in [0.717, 1.165) is 5.01 Å². The van der Waals surface area contributed by atoms with Crippen molar-refractivity contribution in [3.05, 3.63) is 43.0 Å². The predicted octanol–water partition coefficient (Wildman–Crippen LogP) is 1.69. The molecule has 0 spiro atoms. The molecule has 0 aliphatic rings. The highest BCUT2D eigenvalue weighted by atomic mass is 16.6. The van der Waals surface area contributed by atoms with Gasteiger partial charge in [-0.25, -0.2) is 15.6 Å². The number of carbonyl (C=O) groups is 1. The zero-order chi connectivity index (χ0) is 10.4. The molecule has 14 heavy (non-hydrogen) atoms. The molecule has 1 aromatic rings. The highest BCUT2D eigenvalue weighted by molar-refractivity contribution is 5.86. The Morgan fingerprint density at radius 1 is 1.50 bits per heavy atom. The van der Waals surface area contributed by atoms with Gasteiger partial charge in [0.05, 0.1) is 5.69 Å². The van der Waals surface area contributed by atoms with Crippen molar-refractivity contribution in [2.45, 2.75) is 0 Å². The van der Waals surface area contributed by atoms with E-state index in [1.54, 1.807) is 24.3 Å². The number of rotatable bonds is 3. The van der Waals surface area contributed by atoms with Crippen LogP contribution in [0.2, 0.25) is 0 Å². The van der Waals surface area contributed by atoms with Gasteiger partial charge < -0.3 is 4.74 Å². The number of amides is 1. The van der Waals surface area contributed by atoms with E-state index >= 15 is 0 Å². The topological polar surface area (TPSA) is 55.6 Å². The van der Waals surface area contributed by atoms with Crippen molar-refractivity contribution >= 4 is 11.8 Å². The van der Waals surface area contributed by atoms with Gasteiger partial charge in [-0.05, 0) is 12.1 Å². The maximum atomic E-state index is 11.2. The van der Waals surface area contributed by atoms with Crippen molar-refractivity contribution in [2.75, 3.05) is 11.6 Å². The second-order valence-corrected chi connectivity index (χ2v) is 2.57. The van der Waals surface area contributed by atoms with Crippen LogP contribution >= 0.6 is 0 Å². The van der Waals surface area contributed by atoms with E-state index in [4.69, 9.17) is 10.6 Å². The molecule has 4 nitrogen and oxygen atoms in total. The summed E-state index contributed by atoms with van der Waals surface area (Å²) in [6, 6.07) is 8.85. The minimum absolute atomic E-state index is 0.152. The quantitative estimate of drug-likeness (QED) is 0.343. The number of hydrogen-bond donors (Lipinski definition) is 1. The summed E-state index contributed by atoms with van der Waals surface area (Å²) in [6.07, 6.45) is 0.882. The lowest BCUT2D eigenvalue weighted by molar-refractivity contribution is 0.166. The smallest absolute Gasteiger partial charge is 0.429 e. The highest BCUT2D eigenvalue weighted by Gasteiger charge is 2.11. The maximum Gasteiger partial charge on any atom is 0.429 e. The van der Waals surface area contributed by atoms with E-state index in [1.807, 2.05) is 6.07 Å². The van der Waals surface area contributed by atoms with Crippen molar-refractivity contribution in [2.24, 2.45) is 5.84 Å². The molecule has 2 N–H and O–H groups in total. The molecule has 74 valence electrons. The zero-order valence-electron chi connectivity index (χ0n) is 7.72. The van der Waals surface area contributed by atoms with Crippen LogP contribution in [-0.4, -0.2) is 12.7 Å². The minimum Gasteiger partial charge on any atom is -0.444 e. The van der Waals surface area contributed by atoms with Crippen LogP contribution in [0.25, 0.3) is 0 Å². The van der Waals surface area contributed by atoms with Crippen LogP contribution < -0.4 is 10.9 Å². The van der Waals surface area contributed by atoms with Gasteiger partial charge in [0.1, 0.15) is 6.61 Å². The van der Waals surface area contributed by atoms with E-state index in [-0.39, 0.29) is 6.61 Å². The van der Waals surface area contributed by atoms with Crippen molar-refractivity contribution < 1.29 is 9.53 Å². The van der Waals surface area contributed by atoms with Crippen molar-refractivity contribution in [1.29, 1.82) is 0 Å². The number of carbonyl (C=O) groups excluding carboxylic acids is 1. The van der Waals surface area contributed by atoms with Gasteiger partial charge in [0, 0.05) is 0 Å². The van der Waals surface area contributed by atoms with Crippen molar-refractivity contribution in [3.63, 3.8) is 0 Å². The summed E-state index contributed by atoms with van der Waals surface area (Å²) in [4.78, 5) is 11.2. The largest absolute Gasteiger partial charge is 0.444 e. The summed E-state index contributed by atoms with van der Waals surface area (Å²) in [6.45, 7) is 3.58. The fourth-order valence-corrected chi connectivity index (χ4v) is 0.894. The molecule has 0 aromatic heterocycles. The molecule has 0 aliphatic carbocycles. The number of nitrogens with zero attached hydrogens (tertiary/aromatic N) is 1. The first-order valence-electron chi connectivity index (χ1n) is 4.13. The van der Waals surface area contributed by atoms with Crippen LogP contribution in [0.3, 0.4) is 0 Å². The molecule has 0 aliphatic heterocycles. The molecular formula is C10H12N2O2. The van der Waals surface area contributed by atoms with E-state index in [0.29, 0.717) is 5.69 Å². The Morgan fingerprint density at radius 2 is 2.14 bits per heavy atom. The van der Waals surface area contributed by atoms with Crippen LogP contribution in [-0.2, 0) is 4.74 Å². The zero-order valence-corrected chi connectivity index (χ0v) is 7.72. The molecule has 0 bridgehead atoms. The van der Waals surface area contributed by atoms with Crippen molar-refractivity contribution in [3.8, 4) is 0 Å². The van der Waals surface area contributed by atoms with Crippen LogP contribution in [0.15, 0.2) is 43.0 Å². The summed E-state index contributed by atoms with van der Waals surface area (Å²) in [5.74, 6) is 5.50. The molecule has 0 fully saturated rings. The van der Waals surface area contributed by atoms with Gasteiger partial charge in [0.25, 0.3) is 0 Å². The molecule has 1 amide bonds. The lowest BCUT2D eigenvalue weighted by atomic mass is 10.3. The van der Waals surface area contributed by atoms with E-state index < -0.39 is 6.09 Å². The molecular weight excluding hydrogens is 180 g/mol. The standard InChI is InChI=1S/C10H12N2O2/c1-2-8-14-10(13)12(11)9-6-4-3-5-7-9/h2-7H,1,8,11H2. The third kappa shape index (κ3) is 2.60. The van der Waals surface area contributed by atoms with Gasteiger partial charge in [-0.15, -0.1) is 0 Å². The molecule has 4 heteroatoms. The fourth-order valence-electron chi connectivity index (χ4n) is 0.894. The van der Waals surface area contributed by atoms with Crippen molar-refractivity contribution in [1.82, 2.24) is 0 Å². The maximum absolute atomic E-state index is 11.2. The number of anilines is 1. The van der Waals surface area contributed by atoms with Crippen LogP contribution in [0, 0.1) is 0 Å². The van der Waals surface area contributed by atoms with Crippen LogP contribution in [0.4, 0.5) is 10.5 Å². The number of para-hydroxylation sites is 1. The summed E-state index contributed by atoms with van der Waals surface area (Å²) < 4.78 is 4.75. The van der Waals surface area contributed by atoms with Gasteiger partial charge >= 0.3 is 6.09 Å². The normalized spacial score (nSPS) is 9.21. The lowest BCUT2D eigenvalue weighted by Crippen LogP contribution is -2.37. The Morgan fingerprint density at radius 3 is 2.71 bits per heavy atom. The number of benzene rings is 1. The van der Waals surface area contributed by atoms with E-state index in [1.165, 1.54) is 6.08 Å². The molecule has 0 radical (unpaired) electrons. The SMILES string of the molecule is C=CCOC(=O)N(N)c1ccccc1. The molecule has 0 unspecified atom stereocenters. The summed E-state index contributed by atoms with van der Waals surface area (Å²) in [7, 11) is 0. The van der Waals surface area contributed by atoms with Crippen LogP contribution in [0.1, 0.15) is 0 Å². The Labute approximate surface area is 82.5 Å². The Hall–Kier alpha value is -1.81. The number of hydrazine groups is 1. The number of nitrogens with two attached hydrogens (primary N) is 1. The lowest BCUT2D eigenvalue weighted by Gasteiger charge is -2.15. The Bertz CT molecular complexity index is 311. The number of ether oxygens (including phenoxy) is 1. The molecule has 0 saturated heterocycles. The monoisotopic (exact) mass is 192 g/mol. The average Bonchev–Trinajstić information content (AvgIpc) is 2.26. The van der Waals surface area contributed by atoms with Crippen LogP contribution in [0.5, 0.6) is 0 Å². The first-order chi connectivity index (χ1) is 6.75. The fraction of sp³-hybridized carbons (Fsp3) is 0.100. The summed E-state index contributed by atoms with van der Waals surface area (Å²) in [5, 5.41) is 0.948. The third-order valence-electron chi connectivity index (χ3n) is 1.56. The minimum atomic E-state index is -0.601. The van der Waals surface area contributed by atoms with Gasteiger partial charge in [-0.3, -0.25) is 0 Å². The molecule has 0 saturated carbocycles. The van der Waals surface area contributed by atoms with Gasteiger partial charge in [-0.1, -0.05) is 30.9 Å². The van der Waals surface area contributed by atoms with E-state index in [2.05, 4.69) is 6.58 Å². The summed E-state index contributed by atoms with van der Waals surface area (Å²) in [5.41, 5.74) is 0.585. The van der Waals surface area contributed by atoms with Gasteiger partial charge in [-0.2, -0.15) is 0 Å². The second kappa shape index (κ2) is 5.04. The average molecular weight is 192 g/mol. The molecule has 0 atom stereocenters. The Kier molecular flexibility index (Phi) is 3.69. The molecule has 1 rings (SSSR count). The molecule has 0 heterocycles. The summed E-state index contributed by atoms with van der Waals surface area (Å²) >= 11 is 0. The predicted molar refractivity (Wildman–Crippen MR) is 54.7 cm³/mol. The van der Waals surface area contributed by atoms with Gasteiger partial charge in [0.2, 0.25) is 0 Å².